The molecule has 120 valence electrons. The van der Waals surface area contributed by atoms with Gasteiger partial charge in [-0.2, -0.15) is 0 Å². The fourth-order valence-corrected chi connectivity index (χ4v) is 2.62. The average Bonchev–Trinajstić information content (AvgIpc) is 2.55. The highest BCUT2D eigenvalue weighted by atomic mass is 32.2. The molecule has 0 radical (unpaired) electrons. The molecular weight excluding hydrogens is 306 g/mol. The maximum absolute atomic E-state index is 12.3. The molecule has 0 saturated carbocycles. The summed E-state index contributed by atoms with van der Waals surface area (Å²) in [5.41, 5.74) is 2.62. The summed E-state index contributed by atoms with van der Waals surface area (Å²) in [5, 5.41) is 0. The molecule has 0 aliphatic carbocycles. The van der Waals surface area contributed by atoms with Crippen LogP contribution in [-0.4, -0.2) is 11.7 Å². The zero-order valence-corrected chi connectivity index (χ0v) is 14.5. The monoisotopic (exact) mass is 327 g/mol. The Morgan fingerprint density at radius 3 is 2.35 bits per heavy atom. The van der Waals surface area contributed by atoms with Crippen LogP contribution in [0.1, 0.15) is 25.0 Å². The molecule has 0 saturated heterocycles. The topological polar surface area (TPSA) is 38.7 Å². The van der Waals surface area contributed by atoms with Crippen molar-refractivity contribution in [2.45, 2.75) is 32.3 Å². The van der Waals surface area contributed by atoms with Crippen LogP contribution in [0.5, 0.6) is 0 Å². The largest absolute Gasteiger partial charge is 0.456 e. The second kappa shape index (κ2) is 8.53. The quantitative estimate of drug-likeness (QED) is 0.433. The van der Waals surface area contributed by atoms with Crippen LogP contribution >= 0.6 is 11.9 Å². The van der Waals surface area contributed by atoms with Gasteiger partial charge in [0.1, 0.15) is 12.3 Å². The van der Waals surface area contributed by atoms with Gasteiger partial charge < -0.3 is 4.74 Å². The molecule has 0 fully saturated rings. The first-order valence-corrected chi connectivity index (χ1v) is 8.36. The van der Waals surface area contributed by atoms with Gasteiger partial charge in [-0.15, -0.1) is 0 Å². The van der Waals surface area contributed by atoms with Crippen molar-refractivity contribution in [3.63, 3.8) is 0 Å². The molecule has 23 heavy (non-hydrogen) atoms. The lowest BCUT2D eigenvalue weighted by Gasteiger charge is -2.10. The summed E-state index contributed by atoms with van der Waals surface area (Å²) in [6.07, 6.45) is 0. The first-order chi connectivity index (χ1) is 11.1. The second-order valence-electron chi connectivity index (χ2n) is 5.60. The summed E-state index contributed by atoms with van der Waals surface area (Å²) in [4.78, 5) is 13.3. The van der Waals surface area contributed by atoms with Crippen LogP contribution in [0.3, 0.4) is 0 Å². The van der Waals surface area contributed by atoms with E-state index in [0.29, 0.717) is 5.71 Å². The lowest BCUT2D eigenvalue weighted by molar-refractivity contribution is -0.137. The smallest absolute Gasteiger partial charge is 0.353 e. The van der Waals surface area contributed by atoms with Crippen molar-refractivity contribution < 1.29 is 9.53 Å². The third kappa shape index (κ3) is 5.57. The van der Waals surface area contributed by atoms with Crippen LogP contribution < -0.4 is 0 Å². The van der Waals surface area contributed by atoms with Crippen LogP contribution in [0.15, 0.2) is 63.9 Å². The van der Waals surface area contributed by atoms with Crippen LogP contribution in [0, 0.1) is 12.8 Å². The van der Waals surface area contributed by atoms with Crippen molar-refractivity contribution in [3.8, 4) is 0 Å². The van der Waals surface area contributed by atoms with Crippen molar-refractivity contribution in [2.24, 2.45) is 10.3 Å². The number of carbonyl (C=O) groups is 1. The van der Waals surface area contributed by atoms with Crippen LogP contribution in [0.2, 0.25) is 0 Å². The Hall–Kier alpha value is -2.07. The molecule has 0 aromatic heterocycles. The molecular formula is C19H21NO2S. The van der Waals surface area contributed by atoms with E-state index in [4.69, 9.17) is 4.74 Å². The van der Waals surface area contributed by atoms with Gasteiger partial charge in [0.25, 0.3) is 0 Å². The molecule has 2 aromatic carbocycles. The van der Waals surface area contributed by atoms with E-state index < -0.39 is 0 Å². The number of benzene rings is 2. The van der Waals surface area contributed by atoms with Gasteiger partial charge in [-0.05, 0) is 24.6 Å². The minimum absolute atomic E-state index is 0.0104. The molecule has 4 heteroatoms. The third-order valence-electron chi connectivity index (χ3n) is 3.24. The average molecular weight is 327 g/mol. The molecule has 2 rings (SSSR count). The molecule has 0 atom stereocenters. The van der Waals surface area contributed by atoms with E-state index >= 15 is 0 Å². The standard InChI is InChI=1S/C19H21NO2S/c1-14(2)18(20-23-17-11-9-15(3)10-12-17)19(21)22-13-16-7-5-4-6-8-16/h4-12,14H,13H2,1-3H3/b20-18-. The zero-order valence-electron chi connectivity index (χ0n) is 13.7. The predicted molar refractivity (Wildman–Crippen MR) is 95.5 cm³/mol. The van der Waals surface area contributed by atoms with E-state index in [1.54, 1.807) is 0 Å². The second-order valence-corrected chi connectivity index (χ2v) is 6.43. The first kappa shape index (κ1) is 17.3. The number of rotatable bonds is 6. The summed E-state index contributed by atoms with van der Waals surface area (Å²) in [6.45, 7) is 6.19. The van der Waals surface area contributed by atoms with E-state index in [-0.39, 0.29) is 18.5 Å². The Morgan fingerprint density at radius 2 is 1.74 bits per heavy atom. The fraction of sp³-hybridized carbons (Fsp3) is 0.263. The number of hydrogen-bond donors (Lipinski definition) is 0. The summed E-state index contributed by atoms with van der Waals surface area (Å²) in [5.74, 6) is -0.348. The molecule has 0 unspecified atom stereocenters. The molecule has 0 N–H and O–H groups in total. The highest BCUT2D eigenvalue weighted by Gasteiger charge is 2.17. The number of aryl methyl sites for hydroxylation is 1. The zero-order chi connectivity index (χ0) is 16.7. The first-order valence-electron chi connectivity index (χ1n) is 7.59. The maximum Gasteiger partial charge on any atom is 0.353 e. The van der Waals surface area contributed by atoms with Crippen molar-refractivity contribution in [3.05, 3.63) is 65.7 Å². The number of esters is 1. The Balaban J connectivity index is 2.00. The van der Waals surface area contributed by atoms with E-state index in [1.165, 1.54) is 17.5 Å². The summed E-state index contributed by atoms with van der Waals surface area (Å²) in [7, 11) is 0. The van der Waals surface area contributed by atoms with Crippen molar-refractivity contribution >= 4 is 23.6 Å². The van der Waals surface area contributed by atoms with Crippen molar-refractivity contribution in [1.82, 2.24) is 0 Å². The number of nitrogens with zero attached hydrogens (tertiary/aromatic N) is 1. The van der Waals surface area contributed by atoms with Gasteiger partial charge >= 0.3 is 5.97 Å². The molecule has 0 aliphatic heterocycles. The summed E-state index contributed by atoms with van der Waals surface area (Å²) in [6, 6.07) is 17.7. The summed E-state index contributed by atoms with van der Waals surface area (Å²) >= 11 is 1.30. The van der Waals surface area contributed by atoms with Crippen molar-refractivity contribution in [2.75, 3.05) is 0 Å². The Morgan fingerprint density at radius 1 is 1.09 bits per heavy atom. The van der Waals surface area contributed by atoms with E-state index in [0.717, 1.165) is 10.5 Å². The molecule has 0 aliphatic rings. The number of carbonyl (C=O) groups excluding carboxylic acids is 1. The van der Waals surface area contributed by atoms with Gasteiger partial charge in [0, 0.05) is 22.8 Å². The Kier molecular flexibility index (Phi) is 6.41. The summed E-state index contributed by atoms with van der Waals surface area (Å²) < 4.78 is 9.77. The SMILES string of the molecule is Cc1ccc(S/N=C(\C(=O)OCc2ccccc2)C(C)C)cc1. The number of hydrogen-bond acceptors (Lipinski definition) is 4. The third-order valence-corrected chi connectivity index (χ3v) is 4.01. The van der Waals surface area contributed by atoms with Gasteiger partial charge in [-0.25, -0.2) is 9.19 Å². The van der Waals surface area contributed by atoms with Crippen LogP contribution in [-0.2, 0) is 16.1 Å². The molecule has 0 spiro atoms. The number of ether oxygens (including phenoxy) is 1. The van der Waals surface area contributed by atoms with Crippen LogP contribution in [0.25, 0.3) is 0 Å². The van der Waals surface area contributed by atoms with Gasteiger partial charge in [-0.3, -0.25) is 0 Å². The van der Waals surface area contributed by atoms with E-state index in [1.807, 2.05) is 75.4 Å². The van der Waals surface area contributed by atoms with Gasteiger partial charge in [0.15, 0.2) is 0 Å². The normalized spacial score (nSPS) is 11.6. The van der Waals surface area contributed by atoms with E-state index in [9.17, 15) is 4.79 Å². The molecule has 0 bridgehead atoms. The van der Waals surface area contributed by atoms with Gasteiger partial charge in [0.2, 0.25) is 0 Å². The molecule has 2 aromatic rings. The lowest BCUT2D eigenvalue weighted by atomic mass is 10.1. The fourth-order valence-electron chi connectivity index (χ4n) is 1.88. The van der Waals surface area contributed by atoms with Gasteiger partial charge in [0.05, 0.1) is 0 Å². The highest BCUT2D eigenvalue weighted by Crippen LogP contribution is 2.21. The van der Waals surface area contributed by atoms with Gasteiger partial charge in [-0.1, -0.05) is 61.9 Å². The van der Waals surface area contributed by atoms with Crippen molar-refractivity contribution in [1.29, 1.82) is 0 Å². The molecule has 0 amide bonds. The lowest BCUT2D eigenvalue weighted by Crippen LogP contribution is -2.22. The minimum atomic E-state index is -0.358. The van der Waals surface area contributed by atoms with E-state index in [2.05, 4.69) is 4.40 Å². The molecule has 0 heterocycles. The maximum atomic E-state index is 12.3. The Labute approximate surface area is 141 Å². The predicted octanol–water partition coefficient (Wildman–Crippen LogP) is 4.84. The minimum Gasteiger partial charge on any atom is -0.456 e. The molecule has 3 nitrogen and oxygen atoms in total. The Bertz CT molecular complexity index is 664. The van der Waals surface area contributed by atoms with Crippen LogP contribution in [0.4, 0.5) is 0 Å². The highest BCUT2D eigenvalue weighted by molar-refractivity contribution is 7.98.